The first kappa shape index (κ1) is 13.9. The van der Waals surface area contributed by atoms with Gasteiger partial charge in [0.1, 0.15) is 11.2 Å². The van der Waals surface area contributed by atoms with E-state index >= 15 is 0 Å². The molecule has 0 bridgehead atoms. The maximum atomic E-state index is 11.8. The molecule has 1 saturated heterocycles. The third kappa shape index (κ3) is 2.89. The van der Waals surface area contributed by atoms with Crippen LogP contribution in [0.15, 0.2) is 12.4 Å². The molecule has 0 spiro atoms. The largest absolute Gasteiger partial charge is 0.444 e. The summed E-state index contributed by atoms with van der Waals surface area (Å²) in [6.07, 6.45) is 3.07. The predicted octanol–water partition coefficient (Wildman–Crippen LogP) is 1.34. The van der Waals surface area contributed by atoms with E-state index in [1.54, 1.807) is 10.9 Å². The Kier molecular flexibility index (Phi) is 3.30. The molecule has 1 fully saturated rings. The molecule has 6 heteroatoms. The molecule has 1 aromatic heterocycles. The highest BCUT2D eigenvalue weighted by molar-refractivity contribution is 5.69. The maximum Gasteiger partial charge on any atom is 0.410 e. The van der Waals surface area contributed by atoms with Crippen LogP contribution >= 0.6 is 0 Å². The van der Waals surface area contributed by atoms with E-state index in [9.17, 15) is 9.90 Å². The summed E-state index contributed by atoms with van der Waals surface area (Å²) >= 11 is 0. The van der Waals surface area contributed by atoms with Crippen molar-refractivity contribution in [2.75, 3.05) is 13.1 Å². The SMILES string of the molecule is CCn1cc(C2(O)CN(C(=O)OC(C)(C)C)C2)cn1. The minimum absolute atomic E-state index is 0.247. The molecule has 0 atom stereocenters. The number of carbonyl (C=O) groups excluding carboxylic acids is 1. The number of rotatable bonds is 2. The number of hydrogen-bond acceptors (Lipinski definition) is 4. The Labute approximate surface area is 113 Å². The van der Waals surface area contributed by atoms with Crippen molar-refractivity contribution < 1.29 is 14.6 Å². The highest BCUT2D eigenvalue weighted by Crippen LogP contribution is 2.32. The van der Waals surface area contributed by atoms with E-state index in [0.29, 0.717) is 0 Å². The average molecular weight is 267 g/mol. The summed E-state index contributed by atoms with van der Waals surface area (Å²) in [5, 5.41) is 14.5. The number of ether oxygens (including phenoxy) is 1. The van der Waals surface area contributed by atoms with Gasteiger partial charge in [0.2, 0.25) is 0 Å². The van der Waals surface area contributed by atoms with E-state index in [1.807, 2.05) is 33.9 Å². The number of likely N-dealkylation sites (tertiary alicyclic amines) is 1. The van der Waals surface area contributed by atoms with E-state index in [-0.39, 0.29) is 19.2 Å². The molecule has 1 aromatic rings. The van der Waals surface area contributed by atoms with Crippen LogP contribution in [0, 0.1) is 0 Å². The monoisotopic (exact) mass is 267 g/mol. The first-order valence-electron chi connectivity index (χ1n) is 6.47. The van der Waals surface area contributed by atoms with Crippen LogP contribution in [0.1, 0.15) is 33.3 Å². The Morgan fingerprint density at radius 3 is 2.63 bits per heavy atom. The van der Waals surface area contributed by atoms with Crippen LogP contribution in [0.4, 0.5) is 4.79 Å². The Hall–Kier alpha value is -1.56. The molecule has 0 aromatic carbocycles. The molecule has 0 aliphatic carbocycles. The average Bonchev–Trinajstić information content (AvgIpc) is 2.70. The summed E-state index contributed by atoms with van der Waals surface area (Å²) < 4.78 is 7.01. The van der Waals surface area contributed by atoms with Crippen molar-refractivity contribution in [3.8, 4) is 0 Å². The number of aromatic nitrogens is 2. The normalized spacial score (nSPS) is 18.1. The van der Waals surface area contributed by atoms with Gasteiger partial charge in [0.05, 0.1) is 19.3 Å². The molecular formula is C13H21N3O3. The first-order valence-corrected chi connectivity index (χ1v) is 6.47. The van der Waals surface area contributed by atoms with E-state index in [1.165, 1.54) is 4.90 Å². The molecule has 6 nitrogen and oxygen atoms in total. The summed E-state index contributed by atoms with van der Waals surface area (Å²) in [4.78, 5) is 13.3. The molecule has 106 valence electrons. The summed E-state index contributed by atoms with van der Waals surface area (Å²) in [7, 11) is 0. The molecule has 0 saturated carbocycles. The van der Waals surface area contributed by atoms with Crippen molar-refractivity contribution in [3.63, 3.8) is 0 Å². The number of β-amino-alcohol motifs (C(OH)–C–C–N with tert-alkyl or cyclic N) is 1. The molecular weight excluding hydrogens is 246 g/mol. The Morgan fingerprint density at radius 2 is 2.16 bits per heavy atom. The van der Waals surface area contributed by atoms with Crippen molar-refractivity contribution >= 4 is 6.09 Å². The molecule has 1 N–H and O–H groups in total. The van der Waals surface area contributed by atoms with Gasteiger partial charge < -0.3 is 14.7 Å². The molecule has 0 radical (unpaired) electrons. The second kappa shape index (κ2) is 4.52. The van der Waals surface area contributed by atoms with Crippen molar-refractivity contribution in [3.05, 3.63) is 18.0 Å². The number of amides is 1. The molecule has 0 unspecified atom stereocenters. The Bertz CT molecular complexity index is 470. The van der Waals surface area contributed by atoms with Gasteiger partial charge in [-0.3, -0.25) is 4.68 Å². The fraction of sp³-hybridized carbons (Fsp3) is 0.692. The molecule has 2 heterocycles. The number of nitrogens with zero attached hydrogens (tertiary/aromatic N) is 3. The fourth-order valence-corrected chi connectivity index (χ4v) is 2.00. The van der Waals surface area contributed by atoms with Crippen LogP contribution in [-0.2, 0) is 16.9 Å². The van der Waals surface area contributed by atoms with Crippen LogP contribution in [0.5, 0.6) is 0 Å². The van der Waals surface area contributed by atoms with Crippen molar-refractivity contribution in [1.29, 1.82) is 0 Å². The van der Waals surface area contributed by atoms with Gasteiger partial charge in [-0.05, 0) is 27.7 Å². The highest BCUT2D eigenvalue weighted by Gasteiger charge is 2.47. The minimum atomic E-state index is -0.996. The third-order valence-corrected chi connectivity index (χ3v) is 3.05. The van der Waals surface area contributed by atoms with Crippen molar-refractivity contribution in [2.24, 2.45) is 0 Å². The molecule has 2 rings (SSSR count). The summed E-state index contributed by atoms with van der Waals surface area (Å²) in [5.41, 5.74) is -0.767. The minimum Gasteiger partial charge on any atom is -0.444 e. The lowest BCUT2D eigenvalue weighted by Crippen LogP contribution is -2.61. The number of aliphatic hydroxyl groups is 1. The van der Waals surface area contributed by atoms with Crippen LogP contribution in [-0.4, -0.2) is 44.6 Å². The summed E-state index contributed by atoms with van der Waals surface area (Å²) in [6, 6.07) is 0. The number of hydrogen-bond donors (Lipinski definition) is 1. The zero-order valence-corrected chi connectivity index (χ0v) is 11.9. The molecule has 19 heavy (non-hydrogen) atoms. The zero-order valence-electron chi connectivity index (χ0n) is 11.9. The van der Waals surface area contributed by atoms with Gasteiger partial charge in [-0.15, -0.1) is 0 Å². The van der Waals surface area contributed by atoms with Gasteiger partial charge in [-0.2, -0.15) is 5.10 Å². The quantitative estimate of drug-likeness (QED) is 0.878. The molecule has 1 amide bonds. The Balaban J connectivity index is 1.96. The highest BCUT2D eigenvalue weighted by atomic mass is 16.6. The van der Waals surface area contributed by atoms with E-state index < -0.39 is 11.2 Å². The standard InChI is InChI=1S/C13H21N3O3/c1-5-16-7-10(6-14-16)13(18)8-15(9-13)11(17)19-12(2,3)4/h6-7,18H,5,8-9H2,1-4H3. The summed E-state index contributed by atoms with van der Waals surface area (Å²) in [6.45, 7) is 8.70. The van der Waals surface area contributed by atoms with Crippen LogP contribution in [0.2, 0.25) is 0 Å². The van der Waals surface area contributed by atoms with Crippen molar-refractivity contribution in [1.82, 2.24) is 14.7 Å². The van der Waals surface area contributed by atoms with Gasteiger partial charge in [0.25, 0.3) is 0 Å². The number of carbonyl (C=O) groups is 1. The zero-order chi connectivity index (χ0) is 14.3. The number of aryl methyl sites for hydroxylation is 1. The van der Waals surface area contributed by atoms with Gasteiger partial charge in [0, 0.05) is 18.3 Å². The summed E-state index contributed by atoms with van der Waals surface area (Å²) in [5.74, 6) is 0. The fourth-order valence-electron chi connectivity index (χ4n) is 2.00. The second-order valence-electron chi connectivity index (χ2n) is 5.95. The van der Waals surface area contributed by atoms with Crippen molar-refractivity contribution in [2.45, 2.75) is 45.4 Å². The van der Waals surface area contributed by atoms with Gasteiger partial charge in [0.15, 0.2) is 0 Å². The lowest BCUT2D eigenvalue weighted by Gasteiger charge is -2.45. The van der Waals surface area contributed by atoms with E-state index in [4.69, 9.17) is 4.74 Å². The third-order valence-electron chi connectivity index (χ3n) is 3.05. The molecule has 1 aliphatic rings. The van der Waals surface area contributed by atoms with Crippen LogP contribution in [0.3, 0.4) is 0 Å². The van der Waals surface area contributed by atoms with Gasteiger partial charge in [-0.1, -0.05) is 0 Å². The lowest BCUT2D eigenvalue weighted by atomic mass is 9.89. The smallest absolute Gasteiger partial charge is 0.410 e. The van der Waals surface area contributed by atoms with Gasteiger partial charge >= 0.3 is 6.09 Å². The maximum absolute atomic E-state index is 11.8. The van der Waals surface area contributed by atoms with Crippen LogP contribution in [0.25, 0.3) is 0 Å². The Morgan fingerprint density at radius 1 is 1.53 bits per heavy atom. The second-order valence-corrected chi connectivity index (χ2v) is 5.95. The van der Waals surface area contributed by atoms with Crippen LogP contribution < -0.4 is 0 Å². The topological polar surface area (TPSA) is 67.6 Å². The molecule has 1 aliphatic heterocycles. The van der Waals surface area contributed by atoms with E-state index in [0.717, 1.165) is 12.1 Å². The lowest BCUT2D eigenvalue weighted by molar-refractivity contribution is -0.103. The van der Waals surface area contributed by atoms with E-state index in [2.05, 4.69) is 5.10 Å². The van der Waals surface area contributed by atoms with Gasteiger partial charge in [-0.25, -0.2) is 4.79 Å². The first-order chi connectivity index (χ1) is 8.73. The predicted molar refractivity (Wildman–Crippen MR) is 69.6 cm³/mol.